The second kappa shape index (κ2) is 8.49. The molecule has 3 nitrogen and oxygen atoms in total. The van der Waals surface area contributed by atoms with Crippen LogP contribution in [-0.4, -0.2) is 29.1 Å². The van der Waals surface area contributed by atoms with Crippen molar-refractivity contribution < 1.29 is 9.90 Å². The van der Waals surface area contributed by atoms with E-state index in [0.717, 1.165) is 30.5 Å². The van der Waals surface area contributed by atoms with Gasteiger partial charge in [-0.05, 0) is 30.5 Å². The van der Waals surface area contributed by atoms with Crippen LogP contribution in [0.25, 0.3) is 0 Å². The Morgan fingerprint density at radius 3 is 2.62 bits per heavy atom. The summed E-state index contributed by atoms with van der Waals surface area (Å²) >= 11 is 0. The van der Waals surface area contributed by atoms with E-state index in [2.05, 4.69) is 11.8 Å². The lowest BCUT2D eigenvalue weighted by atomic mass is 10.1. The summed E-state index contributed by atoms with van der Waals surface area (Å²) in [5.41, 5.74) is 2.10. The van der Waals surface area contributed by atoms with Crippen molar-refractivity contribution >= 4 is 5.91 Å². The molecule has 1 aliphatic rings. The van der Waals surface area contributed by atoms with Gasteiger partial charge in [0.2, 0.25) is 5.91 Å². The van der Waals surface area contributed by atoms with Gasteiger partial charge in [-0.15, -0.1) is 0 Å². The minimum absolute atomic E-state index is 0.0994. The minimum atomic E-state index is 0.0994. The first kappa shape index (κ1) is 15.6. The van der Waals surface area contributed by atoms with Gasteiger partial charge in [-0.3, -0.25) is 4.79 Å². The van der Waals surface area contributed by atoms with Gasteiger partial charge in [-0.25, -0.2) is 0 Å². The number of hydrogen-bond acceptors (Lipinski definition) is 2. The third-order valence-electron chi connectivity index (χ3n) is 3.72. The Bertz CT molecular complexity index is 510. The molecule has 1 fully saturated rings. The van der Waals surface area contributed by atoms with Crippen molar-refractivity contribution in [1.29, 1.82) is 0 Å². The van der Waals surface area contributed by atoms with Gasteiger partial charge >= 0.3 is 0 Å². The highest BCUT2D eigenvalue weighted by Gasteiger charge is 2.15. The largest absolute Gasteiger partial charge is 0.395 e. The summed E-state index contributed by atoms with van der Waals surface area (Å²) < 4.78 is 0. The van der Waals surface area contributed by atoms with Crippen LogP contribution in [0.2, 0.25) is 0 Å². The molecule has 1 amide bonds. The standard InChI is InChI=1S/C18H23NO2/c20-14-6-4-7-16-9-11-17(12-10-16)15-19-13-5-2-1-3-8-18(19)21/h9-12,20H,1-3,5-6,8,13-15H2. The van der Waals surface area contributed by atoms with Crippen molar-refractivity contribution in [3.63, 3.8) is 0 Å². The third kappa shape index (κ3) is 5.24. The highest BCUT2D eigenvalue weighted by atomic mass is 16.2. The lowest BCUT2D eigenvalue weighted by molar-refractivity contribution is -0.132. The number of likely N-dealkylation sites (tertiary alicyclic amines) is 1. The van der Waals surface area contributed by atoms with Gasteiger partial charge in [-0.2, -0.15) is 0 Å². The highest BCUT2D eigenvalue weighted by molar-refractivity contribution is 5.76. The molecule has 1 aliphatic heterocycles. The SMILES string of the molecule is O=C1CCCCCCN1Cc1ccc(C#CCCO)cc1. The number of aliphatic hydroxyl groups excluding tert-OH is 1. The summed E-state index contributed by atoms with van der Waals surface area (Å²) in [6, 6.07) is 8.03. The van der Waals surface area contributed by atoms with Crippen LogP contribution in [0, 0.1) is 11.8 Å². The zero-order valence-corrected chi connectivity index (χ0v) is 12.5. The molecule has 0 atom stereocenters. The first-order valence-electron chi connectivity index (χ1n) is 7.76. The monoisotopic (exact) mass is 285 g/mol. The molecule has 3 heteroatoms. The quantitative estimate of drug-likeness (QED) is 0.868. The number of benzene rings is 1. The van der Waals surface area contributed by atoms with E-state index < -0.39 is 0 Å². The van der Waals surface area contributed by atoms with E-state index in [9.17, 15) is 4.79 Å². The van der Waals surface area contributed by atoms with E-state index in [1.54, 1.807) is 0 Å². The number of aliphatic hydroxyl groups is 1. The Hall–Kier alpha value is -1.79. The van der Waals surface area contributed by atoms with Gasteiger partial charge in [0.1, 0.15) is 0 Å². The molecule has 0 unspecified atom stereocenters. The maximum absolute atomic E-state index is 12.1. The van der Waals surface area contributed by atoms with Crippen LogP contribution in [0.1, 0.15) is 49.7 Å². The minimum Gasteiger partial charge on any atom is -0.395 e. The molecule has 1 aromatic rings. The van der Waals surface area contributed by atoms with Crippen molar-refractivity contribution in [2.75, 3.05) is 13.2 Å². The van der Waals surface area contributed by atoms with Gasteiger partial charge in [0, 0.05) is 31.5 Å². The summed E-state index contributed by atoms with van der Waals surface area (Å²) in [4.78, 5) is 14.1. The summed E-state index contributed by atoms with van der Waals surface area (Å²) in [6.45, 7) is 1.67. The van der Waals surface area contributed by atoms with Crippen molar-refractivity contribution in [1.82, 2.24) is 4.90 Å². The van der Waals surface area contributed by atoms with E-state index in [-0.39, 0.29) is 12.5 Å². The van der Waals surface area contributed by atoms with Crippen LogP contribution in [0.3, 0.4) is 0 Å². The van der Waals surface area contributed by atoms with E-state index in [1.165, 1.54) is 12.8 Å². The summed E-state index contributed by atoms with van der Waals surface area (Å²) in [5.74, 6) is 6.20. The molecular weight excluding hydrogens is 262 g/mol. The molecule has 1 aromatic carbocycles. The third-order valence-corrected chi connectivity index (χ3v) is 3.72. The Kier molecular flexibility index (Phi) is 6.30. The normalized spacial score (nSPS) is 15.9. The molecule has 1 N–H and O–H groups in total. The predicted octanol–water partition coefficient (Wildman–Crippen LogP) is 2.71. The Morgan fingerprint density at radius 1 is 1.10 bits per heavy atom. The van der Waals surface area contributed by atoms with Crippen LogP contribution in [0.15, 0.2) is 24.3 Å². The van der Waals surface area contributed by atoms with Crippen LogP contribution in [-0.2, 0) is 11.3 Å². The number of hydrogen-bond donors (Lipinski definition) is 1. The molecular formula is C18H23NO2. The molecule has 1 saturated heterocycles. The smallest absolute Gasteiger partial charge is 0.222 e. The van der Waals surface area contributed by atoms with Crippen LogP contribution in [0.5, 0.6) is 0 Å². The zero-order valence-electron chi connectivity index (χ0n) is 12.5. The lowest BCUT2D eigenvalue weighted by Gasteiger charge is -2.25. The van der Waals surface area contributed by atoms with Crippen molar-refractivity contribution in [2.45, 2.75) is 45.1 Å². The Labute approximate surface area is 127 Å². The fourth-order valence-electron chi connectivity index (χ4n) is 2.52. The summed E-state index contributed by atoms with van der Waals surface area (Å²) in [6.07, 6.45) is 5.73. The van der Waals surface area contributed by atoms with Gasteiger partial charge in [0.15, 0.2) is 0 Å². The Balaban J connectivity index is 1.95. The van der Waals surface area contributed by atoms with Crippen molar-refractivity contribution in [3.8, 4) is 11.8 Å². The number of carbonyl (C=O) groups is 1. The number of nitrogens with zero attached hydrogens (tertiary/aromatic N) is 1. The van der Waals surface area contributed by atoms with E-state index in [1.807, 2.05) is 29.2 Å². The zero-order chi connectivity index (χ0) is 14.9. The van der Waals surface area contributed by atoms with Crippen molar-refractivity contribution in [3.05, 3.63) is 35.4 Å². The maximum Gasteiger partial charge on any atom is 0.222 e. The highest BCUT2D eigenvalue weighted by Crippen LogP contribution is 2.15. The van der Waals surface area contributed by atoms with Gasteiger partial charge in [0.25, 0.3) is 0 Å². The molecule has 0 bridgehead atoms. The van der Waals surface area contributed by atoms with Gasteiger partial charge in [0.05, 0.1) is 6.61 Å². The van der Waals surface area contributed by atoms with Crippen LogP contribution >= 0.6 is 0 Å². The fourth-order valence-corrected chi connectivity index (χ4v) is 2.52. The molecule has 0 aliphatic carbocycles. The first-order valence-corrected chi connectivity index (χ1v) is 7.76. The molecule has 112 valence electrons. The molecule has 21 heavy (non-hydrogen) atoms. The number of amides is 1. The molecule has 0 saturated carbocycles. The first-order chi connectivity index (χ1) is 10.3. The second-order valence-corrected chi connectivity index (χ2v) is 5.45. The average molecular weight is 285 g/mol. The summed E-state index contributed by atoms with van der Waals surface area (Å²) in [5, 5.41) is 8.70. The molecule has 0 spiro atoms. The maximum atomic E-state index is 12.1. The summed E-state index contributed by atoms with van der Waals surface area (Å²) in [7, 11) is 0. The molecule has 1 heterocycles. The Morgan fingerprint density at radius 2 is 1.86 bits per heavy atom. The predicted molar refractivity (Wildman–Crippen MR) is 83.5 cm³/mol. The van der Waals surface area contributed by atoms with Crippen LogP contribution < -0.4 is 0 Å². The topological polar surface area (TPSA) is 40.5 Å². The number of carbonyl (C=O) groups excluding carboxylic acids is 1. The van der Waals surface area contributed by atoms with E-state index in [4.69, 9.17) is 5.11 Å². The van der Waals surface area contributed by atoms with Gasteiger partial charge < -0.3 is 10.0 Å². The lowest BCUT2D eigenvalue weighted by Crippen LogP contribution is -2.32. The number of rotatable bonds is 3. The van der Waals surface area contributed by atoms with Gasteiger partial charge in [-0.1, -0.05) is 36.8 Å². The second-order valence-electron chi connectivity index (χ2n) is 5.45. The molecule has 2 rings (SSSR count). The van der Waals surface area contributed by atoms with E-state index in [0.29, 0.717) is 19.4 Å². The van der Waals surface area contributed by atoms with Crippen LogP contribution in [0.4, 0.5) is 0 Å². The molecule has 0 radical (unpaired) electrons. The average Bonchev–Trinajstić information content (AvgIpc) is 2.49. The van der Waals surface area contributed by atoms with E-state index >= 15 is 0 Å². The fraction of sp³-hybridized carbons (Fsp3) is 0.500. The van der Waals surface area contributed by atoms with Crippen molar-refractivity contribution in [2.24, 2.45) is 0 Å². The molecule has 0 aromatic heterocycles.